The molecule has 0 bridgehead atoms. The molecule has 1 aliphatic heterocycles. The highest BCUT2D eigenvalue weighted by Crippen LogP contribution is 2.64. The molecule has 0 amide bonds. The zero-order valence-electron chi connectivity index (χ0n) is 41.7. The maximum absolute atomic E-state index is 10.1. The fourth-order valence-corrected chi connectivity index (χ4v) is 12.8. The van der Waals surface area contributed by atoms with Crippen LogP contribution in [0.15, 0.2) is 251 Å². The van der Waals surface area contributed by atoms with E-state index in [1.165, 1.54) is 0 Å². The molecule has 0 N–H and O–H groups in total. The van der Waals surface area contributed by atoms with Crippen LogP contribution in [0, 0.1) is 0 Å². The fourth-order valence-electron chi connectivity index (χ4n) is 11.5. The Labute approximate surface area is 391 Å². The molecule has 14 rings (SSSR count). The molecular weight excluding hydrogens is 807 g/mol. The molecule has 2 aliphatic carbocycles. The lowest BCUT2D eigenvalue weighted by atomic mass is 9.67. The number of rotatable bonds is 5. The number of para-hydroxylation sites is 1. The quantitative estimate of drug-likeness (QED) is 0.172. The van der Waals surface area contributed by atoms with Gasteiger partial charge in [-0.15, -0.1) is 0 Å². The lowest BCUT2D eigenvalue weighted by Gasteiger charge is -2.41. The minimum Gasteiger partial charge on any atom is -0.456 e. The highest BCUT2D eigenvalue weighted by Gasteiger charge is 2.51. The van der Waals surface area contributed by atoms with Crippen molar-refractivity contribution in [1.29, 1.82) is 0 Å². The van der Waals surface area contributed by atoms with Gasteiger partial charge in [0.1, 0.15) is 11.2 Å². The molecular formula is C62H39NOS. The summed E-state index contributed by atoms with van der Waals surface area (Å²) in [4.78, 5) is 3.96. The van der Waals surface area contributed by atoms with Crippen molar-refractivity contribution in [1.82, 2.24) is 0 Å². The molecule has 0 radical (unpaired) electrons. The average Bonchev–Trinajstić information content (AvgIpc) is 4.07. The van der Waals surface area contributed by atoms with Gasteiger partial charge in [0.2, 0.25) is 0 Å². The number of furan rings is 1. The van der Waals surface area contributed by atoms with E-state index in [9.17, 15) is 5.48 Å². The van der Waals surface area contributed by atoms with Gasteiger partial charge >= 0.3 is 0 Å². The van der Waals surface area contributed by atoms with E-state index in [0.717, 1.165) is 76.6 Å². The Morgan fingerprint density at radius 2 is 0.954 bits per heavy atom. The molecule has 1 spiro atoms. The first-order valence-electron chi connectivity index (χ1n) is 25.4. The summed E-state index contributed by atoms with van der Waals surface area (Å²) in [6.45, 7) is 0. The number of nitrogens with zero attached hydrogens (tertiary/aromatic N) is 1. The number of benzene rings is 10. The van der Waals surface area contributed by atoms with Gasteiger partial charge in [0.25, 0.3) is 0 Å². The molecule has 65 heavy (non-hydrogen) atoms. The lowest BCUT2D eigenvalue weighted by molar-refractivity contribution is 0.669. The van der Waals surface area contributed by atoms with E-state index < -0.39 is 35.0 Å². The van der Waals surface area contributed by atoms with Crippen LogP contribution < -0.4 is 4.90 Å². The monoisotopic (exact) mass is 852 g/mol. The Kier molecular flexibility index (Phi) is 6.44. The minimum absolute atomic E-state index is 0.0477. The number of hydrogen-bond acceptors (Lipinski definition) is 3. The number of anilines is 3. The van der Waals surface area contributed by atoms with E-state index in [2.05, 4.69) is 170 Å². The van der Waals surface area contributed by atoms with Gasteiger partial charge in [-0.3, -0.25) is 0 Å². The highest BCUT2D eigenvalue weighted by atomic mass is 32.2. The summed E-state index contributed by atoms with van der Waals surface area (Å²) in [5.41, 5.74) is 13.1. The Morgan fingerprint density at radius 1 is 0.415 bits per heavy atom. The van der Waals surface area contributed by atoms with Gasteiger partial charge < -0.3 is 9.32 Å². The second-order valence-corrected chi connectivity index (χ2v) is 18.0. The molecule has 0 atom stereocenters. The van der Waals surface area contributed by atoms with Crippen LogP contribution >= 0.6 is 11.8 Å². The molecule has 1 aromatic heterocycles. The molecule has 3 aliphatic rings. The summed E-state index contributed by atoms with van der Waals surface area (Å²) in [6.07, 6.45) is 0. The minimum atomic E-state index is -0.798. The molecule has 11 aromatic rings. The molecule has 10 aromatic carbocycles. The highest BCUT2D eigenvalue weighted by molar-refractivity contribution is 7.99. The van der Waals surface area contributed by atoms with Crippen molar-refractivity contribution in [3.05, 3.63) is 281 Å². The second-order valence-electron chi connectivity index (χ2n) is 16.9. The van der Waals surface area contributed by atoms with Crippen LogP contribution in [-0.2, 0) is 10.8 Å². The zero-order chi connectivity index (χ0) is 48.8. The van der Waals surface area contributed by atoms with Gasteiger partial charge in [0.05, 0.1) is 37.2 Å². The fraction of sp³-hybridized carbons (Fsp3) is 0.0323. The Bertz CT molecular complexity index is 4060. The molecule has 304 valence electrons. The summed E-state index contributed by atoms with van der Waals surface area (Å²) in [6, 6.07) is 65.4. The summed E-state index contributed by atoms with van der Waals surface area (Å²) in [5.74, 6) is 0. The van der Waals surface area contributed by atoms with E-state index >= 15 is 0 Å². The van der Waals surface area contributed by atoms with Crippen molar-refractivity contribution in [3.8, 4) is 22.3 Å². The standard InChI is InChI=1S/C62H39NOS/c1-2-19-40(20-3-1)61(48-28-9-4-23-43(48)44-24-5-10-29-49(44)61)41-21-16-22-42(39-41)63(54-34-18-37-57-59(54)47-27-8-14-36-56(47)64-57)55-35-17-33-53-60(55)65-58-38-15-13-32-52(58)62(53)50-30-11-6-25-45(50)46-26-7-12-31-51(46)62/h1-39H/i8D,14D,18D,27D,34D,36D,37D. The van der Waals surface area contributed by atoms with Gasteiger partial charge in [0, 0.05) is 20.9 Å². The molecule has 2 nitrogen and oxygen atoms in total. The molecule has 0 unspecified atom stereocenters. The third kappa shape index (κ3) is 4.86. The normalized spacial score (nSPS) is 15.8. The van der Waals surface area contributed by atoms with Crippen LogP contribution in [0.1, 0.15) is 54.1 Å². The average molecular weight is 853 g/mol. The van der Waals surface area contributed by atoms with Gasteiger partial charge in [0.15, 0.2) is 0 Å². The third-order valence-corrected chi connectivity index (χ3v) is 15.2. The predicted molar refractivity (Wildman–Crippen MR) is 267 cm³/mol. The van der Waals surface area contributed by atoms with E-state index in [1.54, 1.807) is 11.8 Å². The first-order chi connectivity index (χ1) is 35.2. The van der Waals surface area contributed by atoms with E-state index in [-0.39, 0.29) is 45.8 Å². The van der Waals surface area contributed by atoms with Crippen LogP contribution in [0.2, 0.25) is 0 Å². The van der Waals surface area contributed by atoms with E-state index in [1.807, 2.05) is 29.2 Å². The molecule has 0 saturated heterocycles. The largest absolute Gasteiger partial charge is 0.456 e. The van der Waals surface area contributed by atoms with Gasteiger partial charge in [-0.05, 0) is 109 Å². The smallest absolute Gasteiger partial charge is 0.137 e. The summed E-state index contributed by atoms with van der Waals surface area (Å²) in [7, 11) is 0. The topological polar surface area (TPSA) is 16.4 Å². The van der Waals surface area contributed by atoms with Crippen LogP contribution in [0.5, 0.6) is 0 Å². The molecule has 0 saturated carbocycles. The van der Waals surface area contributed by atoms with Gasteiger partial charge in [-0.2, -0.15) is 0 Å². The summed E-state index contributed by atoms with van der Waals surface area (Å²) < 4.78 is 71.2. The first kappa shape index (κ1) is 30.3. The van der Waals surface area contributed by atoms with E-state index in [4.69, 9.17) is 8.53 Å². The van der Waals surface area contributed by atoms with Gasteiger partial charge in [-0.1, -0.05) is 206 Å². The van der Waals surface area contributed by atoms with Crippen LogP contribution in [0.25, 0.3) is 44.2 Å². The zero-order valence-corrected chi connectivity index (χ0v) is 35.6. The van der Waals surface area contributed by atoms with Crippen LogP contribution in [0.3, 0.4) is 0 Å². The van der Waals surface area contributed by atoms with Crippen LogP contribution in [0.4, 0.5) is 17.1 Å². The Hall–Kier alpha value is -7.85. The van der Waals surface area contributed by atoms with Crippen molar-refractivity contribution in [2.75, 3.05) is 4.90 Å². The van der Waals surface area contributed by atoms with Crippen LogP contribution in [-0.4, -0.2) is 0 Å². The SMILES string of the molecule is [2H]c1c([2H])c([2H])c2c(oc3c([2H])c([2H])c([2H])c(N(c4cccc(C5(c6ccccc6)c6ccccc6-c6ccccc65)c4)c4cccc5c4Sc4ccccc4C54c5ccccc5-c5ccccc54)c32)c1[2H]. The van der Waals surface area contributed by atoms with Gasteiger partial charge in [-0.25, -0.2) is 0 Å². The van der Waals surface area contributed by atoms with E-state index in [0.29, 0.717) is 11.4 Å². The van der Waals surface area contributed by atoms with Crippen molar-refractivity contribution in [3.63, 3.8) is 0 Å². The van der Waals surface area contributed by atoms with Crippen molar-refractivity contribution in [2.45, 2.75) is 20.6 Å². The maximum atomic E-state index is 10.1. The molecule has 2 heterocycles. The molecule has 0 fully saturated rings. The summed E-state index contributed by atoms with van der Waals surface area (Å²) in [5, 5.41) is 0.208. The van der Waals surface area contributed by atoms with Crippen molar-refractivity contribution >= 4 is 50.8 Å². The number of fused-ring (bicyclic) bond motifs is 15. The predicted octanol–water partition coefficient (Wildman–Crippen LogP) is 16.2. The maximum Gasteiger partial charge on any atom is 0.137 e. The Balaban J connectivity index is 1.14. The lowest BCUT2D eigenvalue weighted by Crippen LogP contribution is -2.32. The van der Waals surface area contributed by atoms with Crippen molar-refractivity contribution < 1.29 is 14.0 Å². The Morgan fingerprint density at radius 3 is 1.65 bits per heavy atom. The first-order valence-corrected chi connectivity index (χ1v) is 22.7. The van der Waals surface area contributed by atoms with Crippen molar-refractivity contribution in [2.24, 2.45) is 0 Å². The third-order valence-electron chi connectivity index (χ3n) is 13.9. The molecule has 3 heteroatoms. The second kappa shape index (κ2) is 13.8. The summed E-state index contributed by atoms with van der Waals surface area (Å²) >= 11 is 1.65. The number of hydrogen-bond donors (Lipinski definition) is 0.